The Morgan fingerprint density at radius 1 is 1.17 bits per heavy atom. The third-order valence-corrected chi connectivity index (χ3v) is 4.52. The number of fused-ring (bicyclic) bond motifs is 1. The summed E-state index contributed by atoms with van der Waals surface area (Å²) in [7, 11) is 0. The number of rotatable bonds is 8. The highest BCUT2D eigenvalue weighted by atomic mass is 16.5. The Bertz CT molecular complexity index is 1130. The Kier molecular flexibility index (Phi) is 6.10. The van der Waals surface area contributed by atoms with E-state index in [1.54, 1.807) is 4.57 Å². The van der Waals surface area contributed by atoms with Gasteiger partial charge in [-0.3, -0.25) is 14.3 Å². The van der Waals surface area contributed by atoms with Gasteiger partial charge >= 0.3 is 11.7 Å². The molecular formula is C19H23N5O5. The largest absolute Gasteiger partial charge is 0.619 e. The molecule has 3 aromatic rings. The molecule has 0 radical (unpaired) electrons. The number of carbonyl (C=O) groups excluding carboxylic acids is 1. The number of nitrogens with zero attached hydrogens (tertiary/aromatic N) is 4. The number of ether oxygens (including phenoxy) is 1. The fourth-order valence-corrected chi connectivity index (χ4v) is 3.08. The number of aromatic amines is 1. The predicted octanol–water partition coefficient (Wildman–Crippen LogP) is 1.09. The number of unbranched alkanes of at least 4 members (excludes halogenated alkanes) is 1. The molecule has 0 aliphatic carbocycles. The van der Waals surface area contributed by atoms with Crippen molar-refractivity contribution in [2.75, 3.05) is 0 Å². The molecule has 154 valence electrons. The van der Waals surface area contributed by atoms with E-state index < -0.39 is 17.2 Å². The molecule has 29 heavy (non-hydrogen) atoms. The molecule has 0 saturated heterocycles. The lowest BCUT2D eigenvalue weighted by Gasteiger charge is -2.08. The van der Waals surface area contributed by atoms with Crippen LogP contribution in [0, 0.1) is 5.21 Å². The molecule has 0 saturated carbocycles. The zero-order valence-electron chi connectivity index (χ0n) is 16.4. The molecule has 0 spiro atoms. The van der Waals surface area contributed by atoms with Crippen molar-refractivity contribution in [3.05, 3.63) is 62.0 Å². The summed E-state index contributed by atoms with van der Waals surface area (Å²) in [5, 5.41) is 11.1. The number of aromatic nitrogens is 5. The predicted molar refractivity (Wildman–Crippen MR) is 104 cm³/mol. The van der Waals surface area contributed by atoms with Crippen molar-refractivity contribution in [3.8, 4) is 0 Å². The lowest BCUT2D eigenvalue weighted by molar-refractivity contribution is -0.605. The Hall–Kier alpha value is -3.43. The smallest absolute Gasteiger partial charge is 0.339 e. The van der Waals surface area contributed by atoms with Gasteiger partial charge < -0.3 is 14.5 Å². The summed E-state index contributed by atoms with van der Waals surface area (Å²) in [4.78, 5) is 43.8. The van der Waals surface area contributed by atoms with Crippen molar-refractivity contribution >= 4 is 17.1 Å². The SMILES string of the molecule is CCCCn1c(=O)[nH]c(=O)c2c1nc(COC(=O)c1cc[n+]([O-])cc1)n2CCC. The molecule has 3 rings (SSSR count). The van der Waals surface area contributed by atoms with Crippen molar-refractivity contribution in [2.24, 2.45) is 0 Å². The molecule has 0 aromatic carbocycles. The third kappa shape index (κ3) is 4.20. The number of esters is 1. The van der Waals surface area contributed by atoms with Crippen LogP contribution in [0.2, 0.25) is 0 Å². The van der Waals surface area contributed by atoms with Gasteiger partial charge in [0.05, 0.1) is 5.56 Å². The molecule has 0 bridgehead atoms. The number of H-pyrrole nitrogens is 1. The molecule has 10 nitrogen and oxygen atoms in total. The van der Waals surface area contributed by atoms with Crippen molar-refractivity contribution in [1.29, 1.82) is 0 Å². The lowest BCUT2D eigenvalue weighted by atomic mass is 10.3. The lowest BCUT2D eigenvalue weighted by Crippen LogP contribution is -2.31. The molecule has 0 fully saturated rings. The Balaban J connectivity index is 1.98. The van der Waals surface area contributed by atoms with E-state index in [-0.39, 0.29) is 12.2 Å². The van der Waals surface area contributed by atoms with E-state index in [1.807, 2.05) is 13.8 Å². The van der Waals surface area contributed by atoms with Gasteiger partial charge in [-0.15, -0.1) is 0 Å². The fraction of sp³-hybridized carbons (Fsp3) is 0.421. The number of imidazole rings is 1. The summed E-state index contributed by atoms with van der Waals surface area (Å²) >= 11 is 0. The molecule has 0 unspecified atom stereocenters. The maximum atomic E-state index is 12.5. The van der Waals surface area contributed by atoms with Crippen LogP contribution in [0.5, 0.6) is 0 Å². The molecular weight excluding hydrogens is 378 g/mol. The number of carbonyl (C=O) groups is 1. The second-order valence-corrected chi connectivity index (χ2v) is 6.64. The number of aryl methyl sites for hydroxylation is 2. The van der Waals surface area contributed by atoms with E-state index in [0.29, 0.717) is 34.8 Å². The third-order valence-electron chi connectivity index (χ3n) is 4.52. The van der Waals surface area contributed by atoms with Crippen LogP contribution in [0.25, 0.3) is 11.2 Å². The van der Waals surface area contributed by atoms with E-state index >= 15 is 0 Å². The molecule has 1 N–H and O–H groups in total. The van der Waals surface area contributed by atoms with Gasteiger partial charge in [0.25, 0.3) is 5.56 Å². The minimum Gasteiger partial charge on any atom is -0.619 e. The van der Waals surface area contributed by atoms with E-state index in [4.69, 9.17) is 4.74 Å². The molecule has 0 aliphatic heterocycles. The second kappa shape index (κ2) is 8.72. The van der Waals surface area contributed by atoms with E-state index in [0.717, 1.165) is 19.3 Å². The first kappa shape index (κ1) is 20.3. The van der Waals surface area contributed by atoms with Crippen LogP contribution in [-0.4, -0.2) is 25.1 Å². The summed E-state index contributed by atoms with van der Waals surface area (Å²) in [5.74, 6) is -0.232. The van der Waals surface area contributed by atoms with Gasteiger partial charge in [0.2, 0.25) is 0 Å². The average molecular weight is 401 g/mol. The summed E-state index contributed by atoms with van der Waals surface area (Å²) in [5.41, 5.74) is -0.206. The molecule has 3 aromatic heterocycles. The monoisotopic (exact) mass is 401 g/mol. The van der Waals surface area contributed by atoms with Crippen LogP contribution in [0.15, 0.2) is 34.1 Å². The summed E-state index contributed by atoms with van der Waals surface area (Å²) in [6, 6.07) is 2.72. The van der Waals surface area contributed by atoms with Gasteiger partial charge in [0.15, 0.2) is 23.6 Å². The van der Waals surface area contributed by atoms with E-state index in [1.165, 1.54) is 29.1 Å². The van der Waals surface area contributed by atoms with Gasteiger partial charge in [0.1, 0.15) is 12.4 Å². The molecule has 3 heterocycles. The van der Waals surface area contributed by atoms with Crippen molar-refractivity contribution < 1.29 is 14.3 Å². The van der Waals surface area contributed by atoms with Crippen molar-refractivity contribution in [3.63, 3.8) is 0 Å². The van der Waals surface area contributed by atoms with Crippen LogP contribution in [0.3, 0.4) is 0 Å². The molecule has 0 atom stereocenters. The highest BCUT2D eigenvalue weighted by Gasteiger charge is 2.19. The van der Waals surface area contributed by atoms with Crippen LogP contribution < -0.4 is 16.0 Å². The van der Waals surface area contributed by atoms with Crippen molar-refractivity contribution in [1.82, 2.24) is 19.1 Å². The Labute approximate surface area is 166 Å². The molecule has 0 amide bonds. The van der Waals surface area contributed by atoms with E-state index in [9.17, 15) is 19.6 Å². The minimum absolute atomic E-state index is 0.165. The van der Waals surface area contributed by atoms with Crippen LogP contribution in [0.1, 0.15) is 49.3 Å². The van der Waals surface area contributed by atoms with Gasteiger partial charge in [-0.2, -0.15) is 4.73 Å². The zero-order valence-corrected chi connectivity index (χ0v) is 16.4. The first-order valence-corrected chi connectivity index (χ1v) is 9.54. The standard InChI is InChI=1S/C19H23N5O5/c1-3-5-9-24-16-15(17(25)21-19(24)27)23(8-4-2)14(20-16)12-29-18(26)13-6-10-22(28)11-7-13/h6-7,10-11H,3-5,8-9,12H2,1-2H3,(H,21,25,27). The van der Waals surface area contributed by atoms with Crippen LogP contribution in [0.4, 0.5) is 0 Å². The Morgan fingerprint density at radius 2 is 1.90 bits per heavy atom. The first-order chi connectivity index (χ1) is 14.0. The normalized spacial score (nSPS) is 11.1. The quantitative estimate of drug-likeness (QED) is 0.342. The maximum Gasteiger partial charge on any atom is 0.339 e. The summed E-state index contributed by atoms with van der Waals surface area (Å²) in [6.45, 7) is 4.71. The number of pyridine rings is 1. The second-order valence-electron chi connectivity index (χ2n) is 6.64. The molecule has 0 aliphatic rings. The van der Waals surface area contributed by atoms with Gasteiger partial charge in [0, 0.05) is 25.2 Å². The minimum atomic E-state index is -0.613. The van der Waals surface area contributed by atoms with Crippen LogP contribution >= 0.6 is 0 Å². The highest BCUT2D eigenvalue weighted by Crippen LogP contribution is 2.14. The first-order valence-electron chi connectivity index (χ1n) is 9.54. The van der Waals surface area contributed by atoms with Crippen molar-refractivity contribution in [2.45, 2.75) is 52.8 Å². The Morgan fingerprint density at radius 3 is 2.55 bits per heavy atom. The topological polar surface area (TPSA) is 126 Å². The van der Waals surface area contributed by atoms with Gasteiger partial charge in [-0.1, -0.05) is 20.3 Å². The van der Waals surface area contributed by atoms with Crippen LogP contribution in [-0.2, 0) is 24.4 Å². The summed E-state index contributed by atoms with van der Waals surface area (Å²) in [6.07, 6.45) is 4.78. The average Bonchev–Trinajstić information content (AvgIpc) is 3.05. The molecule has 10 heteroatoms. The highest BCUT2D eigenvalue weighted by molar-refractivity contribution is 5.89. The maximum absolute atomic E-state index is 12.5. The fourth-order valence-electron chi connectivity index (χ4n) is 3.08. The number of hydrogen-bond acceptors (Lipinski definition) is 6. The van der Waals surface area contributed by atoms with Gasteiger partial charge in [-0.05, 0) is 12.8 Å². The zero-order chi connectivity index (χ0) is 21.0. The van der Waals surface area contributed by atoms with E-state index in [2.05, 4.69) is 9.97 Å². The number of hydrogen-bond donors (Lipinski definition) is 1. The summed E-state index contributed by atoms with van der Waals surface area (Å²) < 4.78 is 9.02. The number of nitrogens with one attached hydrogen (secondary N) is 1. The van der Waals surface area contributed by atoms with Gasteiger partial charge in [-0.25, -0.2) is 14.6 Å².